The summed E-state index contributed by atoms with van der Waals surface area (Å²) in [5, 5.41) is 5.21. The topological polar surface area (TPSA) is 58.0 Å². The minimum absolute atomic E-state index is 0.0500. The Kier molecular flexibility index (Phi) is 2.88. The predicted octanol–water partition coefficient (Wildman–Crippen LogP) is 0.457. The second kappa shape index (κ2) is 3.92. The van der Waals surface area contributed by atoms with Crippen molar-refractivity contribution >= 4 is 0 Å². The van der Waals surface area contributed by atoms with Crippen LogP contribution in [0.2, 0.25) is 0 Å². The van der Waals surface area contributed by atoms with Gasteiger partial charge < -0.3 is 9.84 Å². The summed E-state index contributed by atoms with van der Waals surface area (Å²) in [6, 6.07) is 1.43. The van der Waals surface area contributed by atoms with E-state index in [1.165, 1.54) is 6.07 Å². The third kappa shape index (κ3) is 1.85. The highest BCUT2D eigenvalue weighted by atomic mass is 16.5. The molecule has 1 unspecified atom stereocenters. The molecule has 0 amide bonds. The molecule has 66 valence electrons. The van der Waals surface area contributed by atoms with Crippen molar-refractivity contribution in [3.63, 3.8) is 0 Å². The van der Waals surface area contributed by atoms with Crippen LogP contribution in [0, 0.1) is 0 Å². The van der Waals surface area contributed by atoms with Crippen molar-refractivity contribution < 1.29 is 4.52 Å². The highest BCUT2D eigenvalue weighted by Gasteiger charge is 2.10. The molecule has 0 aliphatic rings. The molecule has 4 nitrogen and oxygen atoms in total. The number of H-pyrrole nitrogens is 1. The van der Waals surface area contributed by atoms with Crippen LogP contribution in [0.15, 0.2) is 28.0 Å². The summed E-state index contributed by atoms with van der Waals surface area (Å²) < 4.78 is 4.92. The first kappa shape index (κ1) is 8.80. The molecule has 0 spiro atoms. The fourth-order valence-electron chi connectivity index (χ4n) is 1.00. The van der Waals surface area contributed by atoms with Crippen LogP contribution in [0.5, 0.6) is 0 Å². The van der Waals surface area contributed by atoms with Crippen molar-refractivity contribution in [2.45, 2.75) is 5.92 Å². The number of aromatic amines is 1. The van der Waals surface area contributed by atoms with Crippen molar-refractivity contribution in [3.05, 3.63) is 34.8 Å². The molecule has 0 bridgehead atoms. The van der Waals surface area contributed by atoms with E-state index in [-0.39, 0.29) is 11.5 Å². The lowest BCUT2D eigenvalue weighted by Crippen LogP contribution is -2.15. The van der Waals surface area contributed by atoms with E-state index in [0.717, 1.165) is 0 Å². The molecular formula is C8H12N2O2. The van der Waals surface area contributed by atoms with E-state index in [9.17, 15) is 4.79 Å². The first-order valence-corrected chi connectivity index (χ1v) is 3.73. The van der Waals surface area contributed by atoms with Gasteiger partial charge in [-0.15, -0.1) is 6.58 Å². The zero-order valence-electron chi connectivity index (χ0n) is 6.96. The van der Waals surface area contributed by atoms with Gasteiger partial charge in [0.15, 0.2) is 0 Å². The number of rotatable bonds is 4. The summed E-state index contributed by atoms with van der Waals surface area (Å²) in [5.74, 6) is 0.665. The van der Waals surface area contributed by atoms with Crippen LogP contribution in [0.4, 0.5) is 0 Å². The van der Waals surface area contributed by atoms with Crippen LogP contribution >= 0.6 is 0 Å². The normalized spacial score (nSPS) is 12.8. The highest BCUT2D eigenvalue weighted by molar-refractivity contribution is 5.09. The minimum atomic E-state index is -0.215. The molecule has 1 atom stereocenters. The van der Waals surface area contributed by atoms with E-state index < -0.39 is 0 Å². The Hall–Kier alpha value is -1.29. The second-order valence-corrected chi connectivity index (χ2v) is 2.51. The Morgan fingerprint density at radius 2 is 2.67 bits per heavy atom. The maximum absolute atomic E-state index is 10.7. The van der Waals surface area contributed by atoms with E-state index in [2.05, 4.69) is 17.1 Å². The SMILES string of the molecule is C=CC(CNC)c1cc(=O)[nH]o1. The second-order valence-electron chi connectivity index (χ2n) is 2.51. The van der Waals surface area contributed by atoms with Gasteiger partial charge in [-0.1, -0.05) is 6.08 Å². The van der Waals surface area contributed by atoms with Gasteiger partial charge in [0.05, 0.1) is 5.92 Å². The van der Waals surface area contributed by atoms with Gasteiger partial charge in [-0.3, -0.25) is 4.79 Å². The predicted molar refractivity (Wildman–Crippen MR) is 46.2 cm³/mol. The summed E-state index contributed by atoms with van der Waals surface area (Å²) in [5.41, 5.74) is -0.215. The third-order valence-electron chi connectivity index (χ3n) is 1.62. The Bertz CT molecular complexity index is 300. The van der Waals surface area contributed by atoms with Crippen molar-refractivity contribution in [2.24, 2.45) is 0 Å². The van der Waals surface area contributed by atoms with Gasteiger partial charge in [-0.05, 0) is 7.05 Å². The standard InChI is InChI=1S/C8H12N2O2/c1-3-6(5-9-2)7-4-8(11)10-12-7/h3-4,6,9H,1,5H2,2H3,(H,10,11). The van der Waals surface area contributed by atoms with Gasteiger partial charge in [-0.2, -0.15) is 5.16 Å². The van der Waals surface area contributed by atoms with Crippen molar-refractivity contribution in [2.75, 3.05) is 13.6 Å². The Morgan fingerprint density at radius 3 is 3.08 bits per heavy atom. The van der Waals surface area contributed by atoms with E-state index >= 15 is 0 Å². The van der Waals surface area contributed by atoms with Crippen LogP contribution in [-0.2, 0) is 0 Å². The monoisotopic (exact) mass is 168 g/mol. The number of aromatic nitrogens is 1. The molecule has 1 heterocycles. The first-order valence-electron chi connectivity index (χ1n) is 3.73. The molecule has 0 aliphatic heterocycles. The van der Waals surface area contributed by atoms with E-state index in [0.29, 0.717) is 12.3 Å². The van der Waals surface area contributed by atoms with Crippen LogP contribution in [-0.4, -0.2) is 18.7 Å². The van der Waals surface area contributed by atoms with Crippen LogP contribution in [0.3, 0.4) is 0 Å². The molecule has 0 radical (unpaired) electrons. The minimum Gasteiger partial charge on any atom is -0.383 e. The zero-order valence-corrected chi connectivity index (χ0v) is 6.96. The quantitative estimate of drug-likeness (QED) is 0.642. The molecule has 0 fully saturated rings. The lowest BCUT2D eigenvalue weighted by molar-refractivity contribution is 0.367. The van der Waals surface area contributed by atoms with Crippen molar-refractivity contribution in [1.82, 2.24) is 10.5 Å². The average molecular weight is 168 g/mol. The van der Waals surface area contributed by atoms with Crippen molar-refractivity contribution in [1.29, 1.82) is 0 Å². The molecule has 12 heavy (non-hydrogen) atoms. The molecule has 0 saturated heterocycles. The van der Waals surface area contributed by atoms with Crippen LogP contribution in [0.25, 0.3) is 0 Å². The highest BCUT2D eigenvalue weighted by Crippen LogP contribution is 2.12. The Morgan fingerprint density at radius 1 is 1.92 bits per heavy atom. The molecule has 0 saturated carbocycles. The molecule has 1 aromatic heterocycles. The molecule has 1 aromatic rings. The Balaban J connectivity index is 2.79. The first-order chi connectivity index (χ1) is 5.77. The summed E-state index contributed by atoms with van der Waals surface area (Å²) in [6.07, 6.45) is 1.74. The summed E-state index contributed by atoms with van der Waals surface area (Å²) in [4.78, 5) is 10.7. The largest absolute Gasteiger partial charge is 0.383 e. The number of nitrogens with one attached hydrogen (secondary N) is 2. The number of hydrogen-bond donors (Lipinski definition) is 2. The molecule has 0 aliphatic carbocycles. The fourth-order valence-corrected chi connectivity index (χ4v) is 1.00. The average Bonchev–Trinajstić information content (AvgIpc) is 2.47. The number of hydrogen-bond acceptors (Lipinski definition) is 3. The van der Waals surface area contributed by atoms with E-state index in [4.69, 9.17) is 4.52 Å². The van der Waals surface area contributed by atoms with Gasteiger partial charge in [0.2, 0.25) is 0 Å². The lowest BCUT2D eigenvalue weighted by Gasteiger charge is -2.05. The van der Waals surface area contributed by atoms with Gasteiger partial charge >= 0.3 is 0 Å². The third-order valence-corrected chi connectivity index (χ3v) is 1.62. The smallest absolute Gasteiger partial charge is 0.280 e. The molecule has 4 heteroatoms. The van der Waals surface area contributed by atoms with E-state index in [1.54, 1.807) is 6.08 Å². The van der Waals surface area contributed by atoms with Crippen LogP contribution in [0.1, 0.15) is 11.7 Å². The molecular weight excluding hydrogens is 156 g/mol. The number of likely N-dealkylation sites (N-methyl/N-ethyl adjacent to an activating group) is 1. The molecule has 0 aromatic carbocycles. The van der Waals surface area contributed by atoms with Crippen molar-refractivity contribution in [3.8, 4) is 0 Å². The molecule has 1 rings (SSSR count). The van der Waals surface area contributed by atoms with E-state index in [1.807, 2.05) is 7.05 Å². The van der Waals surface area contributed by atoms with Gasteiger partial charge in [0.25, 0.3) is 5.56 Å². The molecule has 2 N–H and O–H groups in total. The zero-order chi connectivity index (χ0) is 8.97. The van der Waals surface area contributed by atoms with Gasteiger partial charge in [0.1, 0.15) is 5.76 Å². The summed E-state index contributed by atoms with van der Waals surface area (Å²) in [7, 11) is 1.83. The lowest BCUT2D eigenvalue weighted by atomic mass is 10.1. The van der Waals surface area contributed by atoms with Crippen LogP contribution < -0.4 is 10.9 Å². The summed E-state index contributed by atoms with van der Waals surface area (Å²) >= 11 is 0. The maximum Gasteiger partial charge on any atom is 0.280 e. The van der Waals surface area contributed by atoms with Gasteiger partial charge in [0, 0.05) is 12.6 Å². The Labute approximate surface area is 70.2 Å². The van der Waals surface area contributed by atoms with Gasteiger partial charge in [-0.25, -0.2) is 0 Å². The summed E-state index contributed by atoms with van der Waals surface area (Å²) in [6.45, 7) is 4.36. The maximum atomic E-state index is 10.7. The fraction of sp³-hybridized carbons (Fsp3) is 0.375.